The van der Waals surface area contributed by atoms with Crippen molar-refractivity contribution in [3.05, 3.63) is 63.1 Å². The van der Waals surface area contributed by atoms with Gasteiger partial charge < -0.3 is 19.5 Å². The monoisotopic (exact) mass is 473 g/mol. The van der Waals surface area contributed by atoms with E-state index < -0.39 is 24.1 Å². The molecule has 160 valence electrons. The fourth-order valence-corrected chi connectivity index (χ4v) is 2.86. The molecule has 30 heavy (non-hydrogen) atoms. The topological polar surface area (TPSA) is 90.9 Å². The average Bonchev–Trinajstić information content (AvgIpc) is 2.73. The number of halogens is 3. The molecule has 0 heterocycles. The van der Waals surface area contributed by atoms with Gasteiger partial charge in [0.1, 0.15) is 12.6 Å². The summed E-state index contributed by atoms with van der Waals surface area (Å²) in [6, 6.07) is 10.4. The fourth-order valence-electron chi connectivity index (χ4n) is 2.28. The first-order valence-corrected chi connectivity index (χ1v) is 9.83. The summed E-state index contributed by atoms with van der Waals surface area (Å²) in [6.07, 6.45) is -1.07. The van der Waals surface area contributed by atoms with Crippen LogP contribution >= 0.6 is 34.8 Å². The second-order valence-corrected chi connectivity index (χ2v) is 7.21. The average molecular weight is 475 g/mol. The number of esters is 2. The lowest BCUT2D eigenvalue weighted by Crippen LogP contribution is -2.43. The number of carbonyl (C=O) groups excluding carboxylic acids is 3. The second kappa shape index (κ2) is 11.6. The van der Waals surface area contributed by atoms with Crippen molar-refractivity contribution in [1.29, 1.82) is 0 Å². The molecular weight excluding hydrogens is 457 g/mol. The van der Waals surface area contributed by atoms with Crippen molar-refractivity contribution >= 4 is 52.8 Å². The van der Waals surface area contributed by atoms with Crippen molar-refractivity contribution in [3.63, 3.8) is 0 Å². The number of benzene rings is 2. The molecule has 2 aromatic rings. The van der Waals surface area contributed by atoms with Gasteiger partial charge in [0.05, 0.1) is 22.2 Å². The highest BCUT2D eigenvalue weighted by molar-refractivity contribution is 6.43. The van der Waals surface area contributed by atoms with E-state index in [9.17, 15) is 14.4 Å². The molecule has 0 spiro atoms. The van der Waals surface area contributed by atoms with Crippen LogP contribution in [0.1, 0.15) is 18.4 Å². The number of rotatable bonds is 8. The fraction of sp³-hybridized carbons (Fsp3) is 0.250. The van der Waals surface area contributed by atoms with E-state index >= 15 is 0 Å². The summed E-state index contributed by atoms with van der Waals surface area (Å²) in [4.78, 5) is 36.2. The van der Waals surface area contributed by atoms with Gasteiger partial charge in [-0.25, -0.2) is 9.59 Å². The molecule has 0 radical (unpaired) electrons. The van der Waals surface area contributed by atoms with Crippen LogP contribution in [0.15, 0.2) is 42.5 Å². The lowest BCUT2D eigenvalue weighted by Gasteiger charge is -2.18. The van der Waals surface area contributed by atoms with Crippen LogP contribution in [0.3, 0.4) is 0 Å². The molecule has 0 saturated carbocycles. The second-order valence-electron chi connectivity index (χ2n) is 5.99. The van der Waals surface area contributed by atoms with Crippen molar-refractivity contribution in [2.75, 3.05) is 7.11 Å². The van der Waals surface area contributed by atoms with Gasteiger partial charge in [0.25, 0.3) is 0 Å². The number of carbonyl (C=O) groups is 3. The summed E-state index contributed by atoms with van der Waals surface area (Å²) in [7, 11) is 1.21. The first-order chi connectivity index (χ1) is 14.3. The zero-order chi connectivity index (χ0) is 22.1. The molecule has 1 N–H and O–H groups in total. The molecule has 0 bridgehead atoms. The van der Waals surface area contributed by atoms with Gasteiger partial charge in [-0.1, -0.05) is 65.1 Å². The van der Waals surface area contributed by atoms with Gasteiger partial charge in [-0.05, 0) is 18.1 Å². The molecule has 0 aliphatic heterocycles. The number of nitrogens with one attached hydrogen (secondary N) is 1. The Hall–Kier alpha value is -2.48. The molecule has 0 aliphatic rings. The Kier molecular flexibility index (Phi) is 9.23. The molecule has 0 aromatic heterocycles. The molecule has 1 amide bonds. The smallest absolute Gasteiger partial charge is 0.408 e. The summed E-state index contributed by atoms with van der Waals surface area (Å²) in [6.45, 7) is 0.00403. The van der Waals surface area contributed by atoms with Crippen LogP contribution in [0.2, 0.25) is 15.1 Å². The Morgan fingerprint density at radius 3 is 2.33 bits per heavy atom. The zero-order valence-electron chi connectivity index (χ0n) is 15.8. The minimum Gasteiger partial charge on any atom is -0.469 e. The molecule has 1 unspecified atom stereocenters. The quantitative estimate of drug-likeness (QED) is 0.336. The highest BCUT2D eigenvalue weighted by Gasteiger charge is 2.26. The zero-order valence-corrected chi connectivity index (χ0v) is 18.1. The Labute approximate surface area is 188 Å². The predicted molar refractivity (Wildman–Crippen MR) is 112 cm³/mol. The van der Waals surface area contributed by atoms with Crippen LogP contribution in [0, 0.1) is 0 Å². The predicted octanol–water partition coefficient (Wildman–Crippen LogP) is 4.80. The van der Waals surface area contributed by atoms with Crippen molar-refractivity contribution in [2.45, 2.75) is 25.5 Å². The molecule has 0 saturated heterocycles. The highest BCUT2D eigenvalue weighted by atomic mass is 35.5. The van der Waals surface area contributed by atoms with Crippen molar-refractivity contribution in [2.24, 2.45) is 0 Å². The van der Waals surface area contributed by atoms with Gasteiger partial charge in [0.2, 0.25) is 0 Å². The van der Waals surface area contributed by atoms with Crippen LogP contribution < -0.4 is 10.1 Å². The van der Waals surface area contributed by atoms with Crippen LogP contribution in [-0.2, 0) is 25.7 Å². The van der Waals surface area contributed by atoms with Gasteiger partial charge >= 0.3 is 18.0 Å². The first-order valence-electron chi connectivity index (χ1n) is 8.70. The van der Waals surface area contributed by atoms with E-state index in [0.717, 1.165) is 5.56 Å². The summed E-state index contributed by atoms with van der Waals surface area (Å²) in [5, 5.41) is 2.75. The van der Waals surface area contributed by atoms with Gasteiger partial charge in [-0.3, -0.25) is 4.79 Å². The largest absolute Gasteiger partial charge is 0.469 e. The first kappa shape index (κ1) is 23.8. The van der Waals surface area contributed by atoms with E-state index in [4.69, 9.17) is 44.3 Å². The maximum absolute atomic E-state index is 12.6. The SMILES string of the molecule is COC(=O)CCC(NC(=O)OCc1ccccc1)C(=O)Oc1cc(Cl)c(Cl)cc1Cl. The molecule has 1 atom stereocenters. The summed E-state index contributed by atoms with van der Waals surface area (Å²) >= 11 is 17.8. The molecular formula is C20H18Cl3NO6. The van der Waals surface area contributed by atoms with E-state index in [1.54, 1.807) is 24.3 Å². The Morgan fingerprint density at radius 2 is 1.67 bits per heavy atom. The lowest BCUT2D eigenvalue weighted by atomic mass is 10.1. The minimum absolute atomic E-state index is 0.00403. The van der Waals surface area contributed by atoms with E-state index in [1.165, 1.54) is 19.2 Å². The van der Waals surface area contributed by atoms with Crippen LogP contribution in [0.4, 0.5) is 4.79 Å². The lowest BCUT2D eigenvalue weighted by molar-refractivity contribution is -0.141. The summed E-state index contributed by atoms with van der Waals surface area (Å²) < 4.78 is 14.9. The molecule has 2 rings (SSSR count). The van der Waals surface area contributed by atoms with Gasteiger partial charge in [0, 0.05) is 12.5 Å². The van der Waals surface area contributed by atoms with Crippen LogP contribution in [-0.4, -0.2) is 31.2 Å². The maximum Gasteiger partial charge on any atom is 0.408 e. The summed E-state index contributed by atoms with van der Waals surface area (Å²) in [5.41, 5.74) is 0.768. The number of ether oxygens (including phenoxy) is 3. The van der Waals surface area contributed by atoms with Crippen molar-refractivity contribution in [3.8, 4) is 5.75 Å². The number of hydrogen-bond acceptors (Lipinski definition) is 6. The van der Waals surface area contributed by atoms with E-state index in [-0.39, 0.29) is 40.3 Å². The third-order valence-electron chi connectivity index (χ3n) is 3.84. The highest BCUT2D eigenvalue weighted by Crippen LogP contribution is 2.34. The standard InChI is InChI=1S/C20H18Cl3NO6/c1-28-18(25)8-7-16(24-20(27)29-11-12-5-3-2-4-6-12)19(26)30-17-10-14(22)13(21)9-15(17)23/h2-6,9-10,16H,7-8,11H2,1H3,(H,24,27). The minimum atomic E-state index is -1.20. The van der Waals surface area contributed by atoms with Gasteiger partial charge in [-0.15, -0.1) is 0 Å². The number of amides is 1. The van der Waals surface area contributed by atoms with Crippen LogP contribution in [0.5, 0.6) is 5.75 Å². The Balaban J connectivity index is 2.05. The third-order valence-corrected chi connectivity index (χ3v) is 4.86. The number of methoxy groups -OCH3 is 1. The third kappa shape index (κ3) is 7.40. The molecule has 10 heteroatoms. The van der Waals surface area contributed by atoms with Crippen molar-refractivity contribution in [1.82, 2.24) is 5.32 Å². The van der Waals surface area contributed by atoms with E-state index in [1.807, 2.05) is 6.07 Å². The molecule has 0 fully saturated rings. The maximum atomic E-state index is 12.6. The Morgan fingerprint density at radius 1 is 1.00 bits per heavy atom. The van der Waals surface area contributed by atoms with E-state index in [2.05, 4.69) is 10.1 Å². The number of hydrogen-bond donors (Lipinski definition) is 1. The van der Waals surface area contributed by atoms with Crippen molar-refractivity contribution < 1.29 is 28.6 Å². The molecule has 2 aromatic carbocycles. The number of alkyl carbamates (subject to hydrolysis) is 1. The Bertz CT molecular complexity index is 907. The molecule has 7 nitrogen and oxygen atoms in total. The van der Waals surface area contributed by atoms with Crippen LogP contribution in [0.25, 0.3) is 0 Å². The molecule has 0 aliphatic carbocycles. The summed E-state index contributed by atoms with van der Waals surface area (Å²) in [5.74, 6) is -1.46. The normalized spacial score (nSPS) is 11.3. The van der Waals surface area contributed by atoms with Gasteiger partial charge in [0.15, 0.2) is 5.75 Å². The van der Waals surface area contributed by atoms with E-state index in [0.29, 0.717) is 0 Å². The van der Waals surface area contributed by atoms with Gasteiger partial charge in [-0.2, -0.15) is 0 Å².